The summed E-state index contributed by atoms with van der Waals surface area (Å²) in [6.07, 6.45) is 0. The van der Waals surface area contributed by atoms with E-state index in [0.717, 1.165) is 0 Å². The van der Waals surface area contributed by atoms with Crippen LogP contribution >= 0.6 is 0 Å². The van der Waals surface area contributed by atoms with E-state index in [9.17, 15) is 9.59 Å². The Morgan fingerprint density at radius 2 is 1.92 bits per heavy atom. The number of ether oxygens (including phenoxy) is 1. The van der Waals surface area contributed by atoms with Crippen molar-refractivity contribution >= 4 is 11.8 Å². The molecule has 2 rings (SSSR count). The number of nitrogens with zero attached hydrogens (tertiary/aromatic N) is 4. The van der Waals surface area contributed by atoms with Gasteiger partial charge in [-0.05, 0) is 48.5 Å². The lowest BCUT2D eigenvalue weighted by Crippen LogP contribution is -2.36. The van der Waals surface area contributed by atoms with E-state index in [0.29, 0.717) is 30.2 Å². The lowest BCUT2D eigenvalue weighted by Gasteiger charge is -2.08. The van der Waals surface area contributed by atoms with Crippen molar-refractivity contribution in [3.8, 4) is 5.75 Å². The molecule has 24 heavy (non-hydrogen) atoms. The van der Waals surface area contributed by atoms with Crippen molar-refractivity contribution in [2.24, 2.45) is 0 Å². The Morgan fingerprint density at radius 3 is 2.58 bits per heavy atom. The highest BCUT2D eigenvalue weighted by Crippen LogP contribution is 2.13. The van der Waals surface area contributed by atoms with Gasteiger partial charge in [-0.1, -0.05) is 0 Å². The Hall–Kier alpha value is -2.97. The highest BCUT2D eigenvalue weighted by molar-refractivity contribution is 5.96. The lowest BCUT2D eigenvalue weighted by atomic mass is 10.2. The van der Waals surface area contributed by atoms with Gasteiger partial charge in [0.05, 0.1) is 6.54 Å². The second kappa shape index (κ2) is 8.61. The molecule has 0 atom stereocenters. The van der Waals surface area contributed by atoms with Gasteiger partial charge in [0.2, 0.25) is 5.91 Å². The molecule has 0 aliphatic carbocycles. The molecule has 0 fully saturated rings. The first-order chi connectivity index (χ1) is 11.6. The maximum Gasteiger partial charge on any atom is 0.251 e. The van der Waals surface area contributed by atoms with Gasteiger partial charge in [-0.3, -0.25) is 9.59 Å². The van der Waals surface area contributed by atoms with Crippen LogP contribution < -0.4 is 15.4 Å². The molecule has 1 aromatic carbocycles. The first-order valence-electron chi connectivity index (χ1n) is 7.66. The number of carbonyl (C=O) groups is 2. The van der Waals surface area contributed by atoms with Crippen molar-refractivity contribution in [3.05, 3.63) is 35.7 Å². The molecule has 0 bridgehead atoms. The molecular formula is C15H20N6O3. The maximum atomic E-state index is 11.9. The van der Waals surface area contributed by atoms with Gasteiger partial charge in [-0.15, -0.1) is 5.10 Å². The van der Waals surface area contributed by atoms with Crippen molar-refractivity contribution in [3.63, 3.8) is 0 Å². The molecule has 0 saturated heterocycles. The Balaban J connectivity index is 1.86. The highest BCUT2D eigenvalue weighted by atomic mass is 16.5. The van der Waals surface area contributed by atoms with Crippen LogP contribution in [0, 0.1) is 0 Å². The van der Waals surface area contributed by atoms with Gasteiger partial charge in [-0.25, -0.2) is 4.68 Å². The van der Waals surface area contributed by atoms with Crippen molar-refractivity contribution in [2.45, 2.75) is 27.0 Å². The third-order valence-corrected chi connectivity index (χ3v) is 3.17. The standard InChI is InChI=1S/C15H20N6O3/c1-3-16-14(22)9-17-15(23)11-5-7-12(8-6-11)24-10-13-18-19-20-21(13)4-2/h5-8H,3-4,9-10H2,1-2H3,(H,16,22)(H,17,23). The van der Waals surface area contributed by atoms with E-state index < -0.39 is 0 Å². The van der Waals surface area contributed by atoms with E-state index in [1.54, 1.807) is 28.9 Å². The minimum atomic E-state index is -0.317. The number of rotatable bonds is 8. The molecule has 2 aromatic rings. The number of likely N-dealkylation sites (N-methyl/N-ethyl adjacent to an activating group) is 1. The van der Waals surface area contributed by atoms with Crippen LogP contribution in [-0.4, -0.2) is 45.1 Å². The topological polar surface area (TPSA) is 111 Å². The summed E-state index contributed by atoms with van der Waals surface area (Å²) in [5.74, 6) is 0.685. The second-order valence-electron chi connectivity index (χ2n) is 4.86. The predicted octanol–water partition coefficient (Wildman–Crippen LogP) is 0.138. The minimum absolute atomic E-state index is 0.0510. The number of amides is 2. The van der Waals surface area contributed by atoms with Crippen LogP contribution in [0.1, 0.15) is 30.0 Å². The Morgan fingerprint density at radius 1 is 1.17 bits per heavy atom. The normalized spacial score (nSPS) is 10.2. The van der Waals surface area contributed by atoms with E-state index in [1.165, 1.54) is 0 Å². The number of tetrazole rings is 1. The number of nitrogens with one attached hydrogen (secondary N) is 2. The van der Waals surface area contributed by atoms with Gasteiger partial charge in [0.15, 0.2) is 5.82 Å². The average Bonchev–Trinajstić information content (AvgIpc) is 3.06. The van der Waals surface area contributed by atoms with Crippen LogP contribution in [-0.2, 0) is 17.9 Å². The molecule has 0 unspecified atom stereocenters. The third-order valence-electron chi connectivity index (χ3n) is 3.17. The summed E-state index contributed by atoms with van der Waals surface area (Å²) < 4.78 is 7.24. The number of benzene rings is 1. The molecule has 2 amide bonds. The van der Waals surface area contributed by atoms with Crippen LogP contribution in [0.5, 0.6) is 5.75 Å². The predicted molar refractivity (Wildman–Crippen MR) is 85.3 cm³/mol. The number of carbonyl (C=O) groups excluding carboxylic acids is 2. The summed E-state index contributed by atoms with van der Waals surface area (Å²) in [4.78, 5) is 23.2. The largest absolute Gasteiger partial charge is 0.486 e. The van der Waals surface area contributed by atoms with Crippen LogP contribution in [0.3, 0.4) is 0 Å². The first kappa shape index (κ1) is 17.4. The molecule has 9 nitrogen and oxygen atoms in total. The molecule has 9 heteroatoms. The molecule has 0 spiro atoms. The highest BCUT2D eigenvalue weighted by Gasteiger charge is 2.09. The van der Waals surface area contributed by atoms with Gasteiger partial charge in [0.25, 0.3) is 5.91 Å². The van der Waals surface area contributed by atoms with Gasteiger partial charge in [0.1, 0.15) is 12.4 Å². The van der Waals surface area contributed by atoms with Gasteiger partial charge >= 0.3 is 0 Å². The molecule has 2 N–H and O–H groups in total. The summed E-state index contributed by atoms with van der Waals surface area (Å²) in [6.45, 7) is 5.14. The summed E-state index contributed by atoms with van der Waals surface area (Å²) in [5, 5.41) is 16.4. The monoisotopic (exact) mass is 332 g/mol. The smallest absolute Gasteiger partial charge is 0.251 e. The van der Waals surface area contributed by atoms with Crippen LogP contribution in [0.15, 0.2) is 24.3 Å². The zero-order valence-electron chi connectivity index (χ0n) is 13.7. The summed E-state index contributed by atoms with van der Waals surface area (Å²) in [5.41, 5.74) is 0.449. The summed E-state index contributed by atoms with van der Waals surface area (Å²) in [6, 6.07) is 6.62. The SMILES string of the molecule is CCNC(=O)CNC(=O)c1ccc(OCc2nnnn2CC)cc1. The molecular weight excluding hydrogens is 312 g/mol. The fraction of sp³-hybridized carbons (Fsp3) is 0.400. The van der Waals surface area contributed by atoms with Crippen LogP contribution in [0.2, 0.25) is 0 Å². The molecule has 0 radical (unpaired) electrons. The number of hydrogen-bond acceptors (Lipinski definition) is 6. The number of hydrogen-bond donors (Lipinski definition) is 2. The Labute approximate surface area is 139 Å². The molecule has 0 saturated carbocycles. The van der Waals surface area contributed by atoms with Crippen LogP contribution in [0.25, 0.3) is 0 Å². The molecule has 1 aromatic heterocycles. The molecule has 1 heterocycles. The van der Waals surface area contributed by atoms with Gasteiger partial charge in [0, 0.05) is 18.7 Å². The fourth-order valence-corrected chi connectivity index (χ4v) is 1.94. The van der Waals surface area contributed by atoms with E-state index in [4.69, 9.17) is 4.74 Å². The van der Waals surface area contributed by atoms with E-state index in [1.807, 2.05) is 13.8 Å². The quantitative estimate of drug-likeness (QED) is 0.711. The van der Waals surface area contributed by atoms with Crippen molar-refractivity contribution in [1.29, 1.82) is 0 Å². The van der Waals surface area contributed by atoms with E-state index >= 15 is 0 Å². The molecule has 0 aliphatic heterocycles. The molecule has 0 aliphatic rings. The maximum absolute atomic E-state index is 11.9. The average molecular weight is 332 g/mol. The number of aromatic nitrogens is 4. The van der Waals surface area contributed by atoms with Crippen molar-refractivity contribution in [1.82, 2.24) is 30.8 Å². The third kappa shape index (κ3) is 4.77. The van der Waals surface area contributed by atoms with E-state index in [2.05, 4.69) is 26.2 Å². The van der Waals surface area contributed by atoms with Gasteiger partial charge < -0.3 is 15.4 Å². The zero-order chi connectivity index (χ0) is 17.4. The summed E-state index contributed by atoms with van der Waals surface area (Å²) >= 11 is 0. The zero-order valence-corrected chi connectivity index (χ0v) is 13.7. The van der Waals surface area contributed by atoms with Crippen LogP contribution in [0.4, 0.5) is 0 Å². The summed E-state index contributed by atoms with van der Waals surface area (Å²) in [7, 11) is 0. The number of aryl methyl sites for hydroxylation is 1. The minimum Gasteiger partial charge on any atom is -0.486 e. The van der Waals surface area contributed by atoms with Crippen molar-refractivity contribution in [2.75, 3.05) is 13.1 Å². The second-order valence-corrected chi connectivity index (χ2v) is 4.86. The first-order valence-corrected chi connectivity index (χ1v) is 7.66. The Kier molecular flexibility index (Phi) is 6.23. The fourth-order valence-electron chi connectivity index (χ4n) is 1.94. The molecule has 128 valence electrons. The lowest BCUT2D eigenvalue weighted by molar-refractivity contribution is -0.120. The van der Waals surface area contributed by atoms with E-state index in [-0.39, 0.29) is 25.0 Å². The Bertz CT molecular complexity index is 683. The van der Waals surface area contributed by atoms with Gasteiger partial charge in [-0.2, -0.15) is 0 Å². The van der Waals surface area contributed by atoms with Crippen molar-refractivity contribution < 1.29 is 14.3 Å².